The van der Waals surface area contributed by atoms with Crippen LogP contribution in [0, 0.1) is 10.1 Å². The van der Waals surface area contributed by atoms with Gasteiger partial charge in [-0.1, -0.05) is 0 Å². The lowest BCUT2D eigenvalue weighted by Gasteiger charge is -2.01. The Bertz CT molecular complexity index is 457. The van der Waals surface area contributed by atoms with E-state index in [4.69, 9.17) is 5.73 Å². The summed E-state index contributed by atoms with van der Waals surface area (Å²) in [4.78, 5) is 9.79. The maximum Gasteiger partial charge on any atom is 0.269 e. The lowest BCUT2D eigenvalue weighted by Crippen LogP contribution is -2.15. The number of hydrogen-bond donors (Lipinski definition) is 1. The molecule has 16 heavy (non-hydrogen) atoms. The molecule has 0 radical (unpaired) electrons. The predicted molar refractivity (Wildman–Crippen MR) is 61.5 cm³/mol. The Morgan fingerprint density at radius 3 is 2.12 bits per heavy atom. The minimum atomic E-state index is -3.40. The van der Waals surface area contributed by atoms with Crippen LogP contribution in [0.15, 0.2) is 29.2 Å². The van der Waals surface area contributed by atoms with Crippen molar-refractivity contribution >= 4 is 27.9 Å². The molecular formula is C8H11ClN2O4S. The molecule has 0 saturated carbocycles. The molecule has 0 amide bonds. The van der Waals surface area contributed by atoms with Gasteiger partial charge < -0.3 is 5.73 Å². The monoisotopic (exact) mass is 266 g/mol. The van der Waals surface area contributed by atoms with Crippen LogP contribution in [-0.4, -0.2) is 25.6 Å². The first-order chi connectivity index (χ1) is 6.97. The molecule has 90 valence electrons. The Morgan fingerprint density at radius 1 is 1.25 bits per heavy atom. The molecule has 0 bridgehead atoms. The summed E-state index contributed by atoms with van der Waals surface area (Å²) in [5.41, 5.74) is 5.01. The summed E-state index contributed by atoms with van der Waals surface area (Å²) in [6.45, 7) is 0.0271. The number of nitrogens with zero attached hydrogens (tertiary/aromatic N) is 1. The fourth-order valence-corrected chi connectivity index (χ4v) is 2.14. The minimum absolute atomic E-state index is 0. The summed E-state index contributed by atoms with van der Waals surface area (Å²) < 4.78 is 22.9. The molecule has 0 aromatic heterocycles. The van der Waals surface area contributed by atoms with Crippen LogP contribution in [0.25, 0.3) is 0 Å². The van der Waals surface area contributed by atoms with Gasteiger partial charge in [0, 0.05) is 18.7 Å². The predicted octanol–water partition coefficient (Wildman–Crippen LogP) is 0.749. The molecule has 0 saturated heterocycles. The van der Waals surface area contributed by atoms with E-state index >= 15 is 0 Å². The number of nitro benzene ring substituents is 1. The van der Waals surface area contributed by atoms with Gasteiger partial charge in [0.1, 0.15) is 0 Å². The van der Waals surface area contributed by atoms with E-state index in [9.17, 15) is 18.5 Å². The fraction of sp³-hybridized carbons (Fsp3) is 0.250. The molecule has 8 heteroatoms. The summed E-state index contributed by atoms with van der Waals surface area (Å²) >= 11 is 0. The van der Waals surface area contributed by atoms with Gasteiger partial charge in [-0.05, 0) is 12.1 Å². The van der Waals surface area contributed by atoms with Gasteiger partial charge in [-0.25, -0.2) is 8.42 Å². The summed E-state index contributed by atoms with van der Waals surface area (Å²) in [5.74, 6) is -0.162. The molecule has 1 rings (SSSR count). The number of hydrogen-bond acceptors (Lipinski definition) is 5. The highest BCUT2D eigenvalue weighted by atomic mass is 35.5. The number of benzene rings is 1. The zero-order chi connectivity index (χ0) is 11.5. The van der Waals surface area contributed by atoms with E-state index in [0.29, 0.717) is 0 Å². The lowest BCUT2D eigenvalue weighted by atomic mass is 10.3. The Balaban J connectivity index is 0.00000225. The third kappa shape index (κ3) is 3.44. The van der Waals surface area contributed by atoms with Crippen molar-refractivity contribution in [1.29, 1.82) is 0 Å². The second kappa shape index (κ2) is 5.78. The highest BCUT2D eigenvalue weighted by Gasteiger charge is 2.14. The molecule has 0 spiro atoms. The van der Waals surface area contributed by atoms with Crippen molar-refractivity contribution in [3.05, 3.63) is 34.4 Å². The first-order valence-corrected chi connectivity index (χ1v) is 5.80. The first-order valence-electron chi connectivity index (χ1n) is 4.14. The molecule has 0 aliphatic heterocycles. The van der Waals surface area contributed by atoms with E-state index in [1.54, 1.807) is 0 Å². The molecule has 0 unspecified atom stereocenters. The van der Waals surface area contributed by atoms with Crippen LogP contribution in [0.5, 0.6) is 0 Å². The van der Waals surface area contributed by atoms with Crippen LogP contribution < -0.4 is 5.73 Å². The van der Waals surface area contributed by atoms with E-state index in [0.717, 1.165) is 12.1 Å². The number of nitrogens with two attached hydrogens (primary N) is 1. The van der Waals surface area contributed by atoms with Gasteiger partial charge in [0.25, 0.3) is 5.69 Å². The molecule has 0 aliphatic carbocycles. The highest BCUT2D eigenvalue weighted by Crippen LogP contribution is 2.16. The number of rotatable bonds is 4. The first kappa shape index (κ1) is 14.8. The molecule has 0 atom stereocenters. The van der Waals surface area contributed by atoms with E-state index < -0.39 is 14.8 Å². The maximum absolute atomic E-state index is 11.5. The molecule has 2 N–H and O–H groups in total. The standard InChI is InChI=1S/C8H10N2O4S.ClH/c9-5-6-15(13,14)8-3-1-7(2-4-8)10(11)12;/h1-4H,5-6,9H2;1H. The summed E-state index contributed by atoms with van der Waals surface area (Å²) in [5, 5.41) is 10.3. The van der Waals surface area contributed by atoms with Crippen molar-refractivity contribution in [3.8, 4) is 0 Å². The van der Waals surface area contributed by atoms with Crippen molar-refractivity contribution in [2.24, 2.45) is 5.73 Å². The second-order valence-corrected chi connectivity index (χ2v) is 4.97. The zero-order valence-corrected chi connectivity index (χ0v) is 9.83. The van der Waals surface area contributed by atoms with E-state index in [1.165, 1.54) is 12.1 Å². The van der Waals surface area contributed by atoms with Gasteiger partial charge in [-0.3, -0.25) is 10.1 Å². The van der Waals surface area contributed by atoms with Crippen LogP contribution in [0.1, 0.15) is 0 Å². The smallest absolute Gasteiger partial charge is 0.269 e. The molecule has 6 nitrogen and oxygen atoms in total. The lowest BCUT2D eigenvalue weighted by molar-refractivity contribution is -0.384. The van der Waals surface area contributed by atoms with Crippen molar-refractivity contribution in [2.45, 2.75) is 4.90 Å². The van der Waals surface area contributed by atoms with Crippen LogP contribution in [-0.2, 0) is 9.84 Å². The fourth-order valence-electron chi connectivity index (χ4n) is 1.05. The van der Waals surface area contributed by atoms with E-state index in [1.807, 2.05) is 0 Å². The normalized spacial score (nSPS) is 10.6. The van der Waals surface area contributed by atoms with Gasteiger partial charge >= 0.3 is 0 Å². The molecule has 1 aromatic rings. The Hall–Kier alpha value is -1.18. The number of sulfone groups is 1. The Labute approximate surface area is 98.9 Å². The number of halogens is 1. The quantitative estimate of drug-likeness (QED) is 0.640. The van der Waals surface area contributed by atoms with Crippen molar-refractivity contribution < 1.29 is 13.3 Å². The molecular weight excluding hydrogens is 256 g/mol. The van der Waals surface area contributed by atoms with Crippen LogP contribution in [0.4, 0.5) is 5.69 Å². The third-order valence-corrected chi connectivity index (χ3v) is 3.56. The van der Waals surface area contributed by atoms with E-state index in [2.05, 4.69) is 0 Å². The van der Waals surface area contributed by atoms with Gasteiger partial charge in [-0.2, -0.15) is 0 Å². The zero-order valence-electron chi connectivity index (χ0n) is 8.20. The average molecular weight is 267 g/mol. The Morgan fingerprint density at radius 2 is 1.75 bits per heavy atom. The molecule has 0 fully saturated rings. The van der Waals surface area contributed by atoms with Gasteiger partial charge in [0.2, 0.25) is 0 Å². The van der Waals surface area contributed by atoms with E-state index in [-0.39, 0.29) is 35.3 Å². The van der Waals surface area contributed by atoms with Gasteiger partial charge in [0.15, 0.2) is 9.84 Å². The summed E-state index contributed by atoms with van der Waals surface area (Å²) in [6.07, 6.45) is 0. The van der Waals surface area contributed by atoms with Crippen LogP contribution in [0.3, 0.4) is 0 Å². The van der Waals surface area contributed by atoms with Gasteiger partial charge in [0.05, 0.1) is 15.6 Å². The molecule has 1 aromatic carbocycles. The SMILES string of the molecule is Cl.NCCS(=O)(=O)c1ccc([N+](=O)[O-])cc1. The number of nitro groups is 1. The Kier molecular flexibility index (Phi) is 5.36. The van der Waals surface area contributed by atoms with Gasteiger partial charge in [-0.15, -0.1) is 12.4 Å². The number of non-ortho nitro benzene ring substituents is 1. The minimum Gasteiger partial charge on any atom is -0.329 e. The maximum atomic E-state index is 11.5. The van der Waals surface area contributed by atoms with Crippen LogP contribution >= 0.6 is 12.4 Å². The van der Waals surface area contributed by atoms with Crippen molar-refractivity contribution in [3.63, 3.8) is 0 Å². The summed E-state index contributed by atoms with van der Waals surface area (Å²) in [7, 11) is -3.40. The summed E-state index contributed by atoms with van der Waals surface area (Å²) in [6, 6.07) is 4.74. The average Bonchev–Trinajstić information content (AvgIpc) is 2.18. The second-order valence-electron chi connectivity index (χ2n) is 2.86. The molecule has 0 aliphatic rings. The molecule has 0 heterocycles. The highest BCUT2D eigenvalue weighted by molar-refractivity contribution is 7.91. The third-order valence-electron chi connectivity index (χ3n) is 1.79. The van der Waals surface area contributed by atoms with Crippen molar-refractivity contribution in [1.82, 2.24) is 0 Å². The topological polar surface area (TPSA) is 103 Å². The van der Waals surface area contributed by atoms with Crippen LogP contribution in [0.2, 0.25) is 0 Å². The van der Waals surface area contributed by atoms with Crippen molar-refractivity contribution in [2.75, 3.05) is 12.3 Å². The largest absolute Gasteiger partial charge is 0.329 e.